The molecule has 29 heavy (non-hydrogen) atoms. The number of hydrogen-bond donors (Lipinski definition) is 4. The van der Waals surface area contributed by atoms with Crippen molar-refractivity contribution in [2.75, 3.05) is 22.5 Å². The van der Waals surface area contributed by atoms with E-state index in [2.05, 4.69) is 31.2 Å². The molecule has 3 rings (SSSR count). The molecule has 0 saturated carbocycles. The maximum Gasteiger partial charge on any atom is 0.320 e. The Balaban J connectivity index is 1.89. The lowest BCUT2D eigenvalue weighted by atomic mass is 10.2. The molecule has 148 valence electrons. The lowest BCUT2D eigenvalue weighted by molar-refractivity contribution is 0.102. The fourth-order valence-electron chi connectivity index (χ4n) is 2.63. The first-order valence-corrected chi connectivity index (χ1v) is 9.16. The summed E-state index contributed by atoms with van der Waals surface area (Å²) in [7, 11) is 0. The molecule has 0 atom stereocenters. The van der Waals surface area contributed by atoms with Gasteiger partial charge in [0.1, 0.15) is 5.82 Å². The topological polar surface area (TPSA) is 108 Å². The molecule has 8 heteroatoms. The van der Waals surface area contributed by atoms with Crippen LogP contribution in [0.15, 0.2) is 60.9 Å². The molecule has 0 aliphatic heterocycles. The summed E-state index contributed by atoms with van der Waals surface area (Å²) in [6.07, 6.45) is 3.06. The highest BCUT2D eigenvalue weighted by atomic mass is 16.2. The van der Waals surface area contributed by atoms with E-state index in [1.165, 1.54) is 6.20 Å². The highest BCUT2D eigenvalue weighted by molar-refractivity contribution is 6.08. The molecule has 0 bridgehead atoms. The lowest BCUT2D eigenvalue weighted by Crippen LogP contribution is -2.28. The minimum absolute atomic E-state index is 0.325. The second-order valence-corrected chi connectivity index (χ2v) is 6.23. The molecule has 0 unspecified atom stereocenters. The number of pyridine rings is 2. The van der Waals surface area contributed by atoms with E-state index in [4.69, 9.17) is 0 Å². The maximum absolute atomic E-state index is 12.9. The van der Waals surface area contributed by atoms with Crippen LogP contribution >= 0.6 is 0 Å². The van der Waals surface area contributed by atoms with Gasteiger partial charge in [0.05, 0.1) is 11.3 Å². The van der Waals surface area contributed by atoms with Gasteiger partial charge in [-0.3, -0.25) is 15.1 Å². The van der Waals surface area contributed by atoms with Crippen molar-refractivity contribution >= 4 is 34.8 Å². The summed E-state index contributed by atoms with van der Waals surface area (Å²) in [6.45, 7) is 4.16. The van der Waals surface area contributed by atoms with Gasteiger partial charge in [-0.05, 0) is 38.1 Å². The minimum atomic E-state index is -0.366. The van der Waals surface area contributed by atoms with Crippen LogP contribution in [-0.4, -0.2) is 28.5 Å². The number of anilines is 4. The predicted octanol–water partition coefficient (Wildman–Crippen LogP) is 3.92. The van der Waals surface area contributed by atoms with Gasteiger partial charge in [0.15, 0.2) is 0 Å². The number of carbonyl (C=O) groups is 2. The molecule has 0 fully saturated rings. The number of nitrogens with zero attached hydrogens (tertiary/aromatic N) is 2. The monoisotopic (exact) mass is 390 g/mol. The van der Waals surface area contributed by atoms with Crippen LogP contribution in [0.4, 0.5) is 27.7 Å². The molecule has 8 nitrogen and oxygen atoms in total. The van der Waals surface area contributed by atoms with Crippen LogP contribution in [0.25, 0.3) is 0 Å². The summed E-state index contributed by atoms with van der Waals surface area (Å²) >= 11 is 0. The van der Waals surface area contributed by atoms with E-state index in [0.717, 1.165) is 11.4 Å². The van der Waals surface area contributed by atoms with Gasteiger partial charge in [0.2, 0.25) is 0 Å². The van der Waals surface area contributed by atoms with E-state index in [0.29, 0.717) is 29.3 Å². The largest absolute Gasteiger partial charge is 0.355 e. The molecule has 4 N–H and O–H groups in total. The van der Waals surface area contributed by atoms with Crippen molar-refractivity contribution in [3.8, 4) is 0 Å². The number of aromatic nitrogens is 2. The van der Waals surface area contributed by atoms with Crippen LogP contribution in [0.2, 0.25) is 0 Å². The third-order valence-electron chi connectivity index (χ3n) is 3.93. The molecule has 0 spiro atoms. The van der Waals surface area contributed by atoms with Crippen molar-refractivity contribution in [3.63, 3.8) is 0 Å². The Kier molecular flexibility index (Phi) is 6.36. The van der Waals surface area contributed by atoms with Crippen molar-refractivity contribution < 1.29 is 9.59 Å². The molecule has 0 radical (unpaired) electrons. The van der Waals surface area contributed by atoms with Crippen LogP contribution in [0.5, 0.6) is 0 Å². The number of carbonyl (C=O) groups excluding carboxylic acids is 2. The summed E-state index contributed by atoms with van der Waals surface area (Å²) in [4.78, 5) is 33.0. The molecule has 2 heterocycles. The Morgan fingerprint density at radius 2 is 1.76 bits per heavy atom. The zero-order valence-electron chi connectivity index (χ0n) is 16.2. The van der Waals surface area contributed by atoms with Crippen molar-refractivity contribution in [2.45, 2.75) is 13.8 Å². The molecule has 0 aliphatic carbocycles. The van der Waals surface area contributed by atoms with Gasteiger partial charge >= 0.3 is 6.03 Å². The fourth-order valence-corrected chi connectivity index (χ4v) is 2.63. The first-order valence-electron chi connectivity index (χ1n) is 9.16. The first kappa shape index (κ1) is 19.8. The summed E-state index contributed by atoms with van der Waals surface area (Å²) in [5.41, 5.74) is 3.09. The quantitative estimate of drug-likeness (QED) is 0.510. The van der Waals surface area contributed by atoms with E-state index in [-0.39, 0.29) is 11.9 Å². The summed E-state index contributed by atoms with van der Waals surface area (Å²) < 4.78 is 0. The van der Waals surface area contributed by atoms with Gasteiger partial charge in [-0.15, -0.1) is 0 Å². The van der Waals surface area contributed by atoms with Gasteiger partial charge in [-0.1, -0.05) is 18.2 Å². The second-order valence-electron chi connectivity index (χ2n) is 6.23. The van der Waals surface area contributed by atoms with Gasteiger partial charge in [0, 0.05) is 42.1 Å². The minimum Gasteiger partial charge on any atom is -0.355 e. The first-order chi connectivity index (χ1) is 14.0. The van der Waals surface area contributed by atoms with Crippen LogP contribution in [0, 0.1) is 6.92 Å². The number of para-hydroxylation sites is 1. The van der Waals surface area contributed by atoms with Crippen LogP contribution in [-0.2, 0) is 0 Å². The molecule has 1 aromatic carbocycles. The standard InChI is InChI=1S/C21H22N6O2/c1-3-22-21(29)27-19-12-18(25-15-7-5-4-6-8-15)17(13-24-19)20(28)26-16-9-10-23-14(2)11-16/h4-13H,3H2,1-2H3,(H,23,26,28)(H3,22,24,25,27,29). The molecule has 3 aromatic rings. The number of benzene rings is 1. The van der Waals surface area contributed by atoms with E-state index in [1.807, 2.05) is 44.2 Å². The predicted molar refractivity (Wildman–Crippen MR) is 114 cm³/mol. The third-order valence-corrected chi connectivity index (χ3v) is 3.93. The average molecular weight is 390 g/mol. The molecular formula is C21H22N6O2. The average Bonchev–Trinajstić information content (AvgIpc) is 2.69. The van der Waals surface area contributed by atoms with E-state index >= 15 is 0 Å². The number of aryl methyl sites for hydroxylation is 1. The molecule has 0 saturated heterocycles. The van der Waals surface area contributed by atoms with Crippen molar-refractivity contribution in [3.05, 3.63) is 72.2 Å². The number of rotatable bonds is 6. The normalized spacial score (nSPS) is 10.1. The van der Waals surface area contributed by atoms with Gasteiger partial charge in [0.25, 0.3) is 5.91 Å². The van der Waals surface area contributed by atoms with E-state index in [9.17, 15) is 9.59 Å². The second kappa shape index (κ2) is 9.32. The Bertz CT molecular complexity index is 1010. The van der Waals surface area contributed by atoms with Crippen molar-refractivity contribution in [2.24, 2.45) is 0 Å². The van der Waals surface area contributed by atoms with E-state index in [1.54, 1.807) is 24.4 Å². The lowest BCUT2D eigenvalue weighted by Gasteiger charge is -2.14. The van der Waals surface area contributed by atoms with Gasteiger partial charge < -0.3 is 16.0 Å². The summed E-state index contributed by atoms with van der Waals surface area (Å²) in [6, 6.07) is 14.2. The zero-order chi connectivity index (χ0) is 20.6. The SMILES string of the molecule is CCNC(=O)Nc1cc(Nc2ccccc2)c(C(=O)Nc2ccnc(C)c2)cn1. The Morgan fingerprint density at radius 1 is 0.966 bits per heavy atom. The smallest absolute Gasteiger partial charge is 0.320 e. The molecule has 0 aliphatic rings. The maximum atomic E-state index is 12.9. The van der Waals surface area contributed by atoms with Crippen LogP contribution in [0.1, 0.15) is 23.0 Å². The van der Waals surface area contributed by atoms with Crippen LogP contribution < -0.4 is 21.3 Å². The van der Waals surface area contributed by atoms with Gasteiger partial charge in [-0.2, -0.15) is 0 Å². The molecule has 2 aromatic heterocycles. The summed E-state index contributed by atoms with van der Waals surface area (Å²) in [5, 5.41) is 11.4. The number of amides is 3. The Morgan fingerprint density at radius 3 is 2.48 bits per heavy atom. The number of nitrogens with one attached hydrogen (secondary N) is 4. The zero-order valence-corrected chi connectivity index (χ0v) is 16.2. The highest BCUT2D eigenvalue weighted by Gasteiger charge is 2.15. The van der Waals surface area contributed by atoms with Crippen molar-refractivity contribution in [1.82, 2.24) is 15.3 Å². The van der Waals surface area contributed by atoms with Crippen molar-refractivity contribution in [1.29, 1.82) is 0 Å². The molecule has 3 amide bonds. The molecular weight excluding hydrogens is 368 g/mol. The third kappa shape index (κ3) is 5.52. The van der Waals surface area contributed by atoms with E-state index < -0.39 is 0 Å². The van der Waals surface area contributed by atoms with Gasteiger partial charge in [-0.25, -0.2) is 9.78 Å². The Hall–Kier alpha value is -3.94. The van der Waals surface area contributed by atoms with Crippen LogP contribution in [0.3, 0.4) is 0 Å². The summed E-state index contributed by atoms with van der Waals surface area (Å²) in [5.74, 6) is -0.00298. The number of urea groups is 1. The number of hydrogen-bond acceptors (Lipinski definition) is 5. The fraction of sp³-hybridized carbons (Fsp3) is 0.143. The Labute approximate surface area is 168 Å². The highest BCUT2D eigenvalue weighted by Crippen LogP contribution is 2.24.